The molecule has 0 spiro atoms. The molecule has 0 rings (SSSR count). The fraction of sp³-hybridized carbons (Fsp3) is 0.948. The van der Waals surface area contributed by atoms with Crippen molar-refractivity contribution in [1.29, 1.82) is 0 Å². The maximum Gasteiger partial charge on any atom is 0.306 e. The van der Waals surface area contributed by atoms with Crippen LogP contribution < -0.4 is 0 Å². The fourth-order valence-electron chi connectivity index (χ4n) is 8.80. The summed E-state index contributed by atoms with van der Waals surface area (Å²) in [7, 11) is 0. The average Bonchev–Trinajstić information content (AvgIpc) is 3.30. The Hall–Kier alpha value is -0.720. The summed E-state index contributed by atoms with van der Waals surface area (Å²) >= 11 is 14.4. The normalized spacial score (nSPS) is 11.3. The molecule has 9 heteroatoms. The van der Waals surface area contributed by atoms with E-state index in [9.17, 15) is 14.4 Å². The van der Waals surface area contributed by atoms with Crippen LogP contribution in [-0.4, -0.2) is 41.5 Å². The van der Waals surface area contributed by atoms with E-state index in [1.165, 1.54) is 231 Å². The molecule has 0 atom stereocenters. The number of carbonyl (C=O) groups excluding carboxylic acids is 3. The first kappa shape index (κ1) is 68.4. The van der Waals surface area contributed by atoms with Crippen molar-refractivity contribution in [2.75, 3.05) is 13.2 Å². The molecule has 0 aliphatic heterocycles. The van der Waals surface area contributed by atoms with Gasteiger partial charge in [0.15, 0.2) is 10.4 Å². The Labute approximate surface area is 431 Å². The Morgan fingerprint density at radius 2 is 0.448 bits per heavy atom. The van der Waals surface area contributed by atoms with Crippen LogP contribution in [0.25, 0.3) is 0 Å². The lowest BCUT2D eigenvalue weighted by molar-refractivity contribution is -0.167. The number of esters is 3. The molecule has 0 aromatic rings. The summed E-state index contributed by atoms with van der Waals surface area (Å²) in [5.74, 6) is -0.832. The van der Waals surface area contributed by atoms with Gasteiger partial charge in [0.05, 0.1) is 0 Å². The van der Waals surface area contributed by atoms with Crippen molar-refractivity contribution < 1.29 is 28.6 Å². The van der Waals surface area contributed by atoms with E-state index in [-0.39, 0.29) is 31.1 Å². The summed E-state index contributed by atoms with van der Waals surface area (Å²) in [4.78, 5) is 38.1. The van der Waals surface area contributed by atoms with Gasteiger partial charge in [-0.1, -0.05) is 325 Å². The van der Waals surface area contributed by atoms with Gasteiger partial charge in [-0.25, -0.2) is 0 Å². The Morgan fingerprint density at radius 1 is 0.284 bits per heavy atom. The van der Waals surface area contributed by atoms with Crippen LogP contribution in [0, 0.1) is 0 Å². The van der Waals surface area contributed by atoms with Gasteiger partial charge in [-0.15, -0.1) is 0 Å². The summed E-state index contributed by atoms with van der Waals surface area (Å²) in [6.07, 6.45) is 58.0. The minimum Gasteiger partial charge on any atom is -0.462 e. The summed E-state index contributed by atoms with van der Waals surface area (Å²) in [5, 5.41) is 0. The van der Waals surface area contributed by atoms with Crippen LogP contribution >= 0.6 is 34.8 Å². The number of rotatable bonds is 53. The van der Waals surface area contributed by atoms with Gasteiger partial charge in [-0.05, 0) is 19.3 Å². The van der Waals surface area contributed by atoms with Gasteiger partial charge >= 0.3 is 17.9 Å². The van der Waals surface area contributed by atoms with Crippen LogP contribution in [0.1, 0.15) is 329 Å². The second-order valence-electron chi connectivity index (χ2n) is 19.8. The lowest BCUT2D eigenvalue weighted by Crippen LogP contribution is -2.30. The smallest absolute Gasteiger partial charge is 0.306 e. The third-order valence-electron chi connectivity index (χ3n) is 13.1. The number of hydrogen-bond donors (Lipinski definition) is 0. The molecule has 0 amide bonds. The zero-order valence-corrected chi connectivity index (χ0v) is 46.9. The molecule has 0 radical (unpaired) electrons. The molecule has 67 heavy (non-hydrogen) atoms. The molecule has 0 saturated carbocycles. The second-order valence-corrected chi connectivity index (χ2v) is 21.8. The maximum atomic E-state index is 12.8. The highest BCUT2D eigenvalue weighted by atomic mass is 35.6. The number of unbranched alkanes of at least 4 members (excludes halogenated alkanes) is 42. The summed E-state index contributed by atoms with van der Waals surface area (Å²) in [6, 6.07) is 0. The van der Waals surface area contributed by atoms with Crippen LogP contribution in [-0.2, 0) is 28.6 Å². The Balaban J connectivity index is 0. The molecular weight excluding hydrogens is 899 g/mol. The van der Waals surface area contributed by atoms with Crippen molar-refractivity contribution in [3.05, 3.63) is 0 Å². The van der Waals surface area contributed by atoms with Crippen molar-refractivity contribution in [3.8, 4) is 0 Å². The lowest BCUT2D eigenvalue weighted by atomic mass is 10.0. The van der Waals surface area contributed by atoms with E-state index >= 15 is 0 Å². The highest BCUT2D eigenvalue weighted by molar-refractivity contribution is 6.63. The molecule has 0 heterocycles. The molecule has 0 bridgehead atoms. The van der Waals surface area contributed by atoms with Crippen molar-refractivity contribution in [3.63, 3.8) is 0 Å². The van der Waals surface area contributed by atoms with Gasteiger partial charge in [-0.3, -0.25) is 14.4 Å². The first-order valence-electron chi connectivity index (χ1n) is 29.2. The van der Waals surface area contributed by atoms with Gasteiger partial charge in [-0.2, -0.15) is 0 Å². The van der Waals surface area contributed by atoms with Crippen LogP contribution in [0.3, 0.4) is 0 Å². The topological polar surface area (TPSA) is 78.9 Å². The molecule has 400 valence electrons. The van der Waals surface area contributed by atoms with Crippen molar-refractivity contribution in [2.24, 2.45) is 0 Å². The van der Waals surface area contributed by atoms with E-state index in [2.05, 4.69) is 20.8 Å². The number of hydrogen-bond acceptors (Lipinski definition) is 6. The van der Waals surface area contributed by atoms with Crippen molar-refractivity contribution >= 4 is 52.7 Å². The summed E-state index contributed by atoms with van der Waals surface area (Å²) in [5.41, 5.74) is 0. The predicted octanol–water partition coefficient (Wildman–Crippen LogP) is 20.8. The number of alkyl halides is 3. The largest absolute Gasteiger partial charge is 0.462 e. The molecule has 0 fully saturated rings. The van der Waals surface area contributed by atoms with E-state index in [1.54, 1.807) is 0 Å². The molecule has 0 aliphatic carbocycles. The van der Waals surface area contributed by atoms with Crippen molar-refractivity contribution in [2.45, 2.75) is 339 Å². The molecular formula is C58H111Cl3O6. The van der Waals surface area contributed by atoms with Gasteiger partial charge in [0, 0.05) is 19.3 Å². The zero-order valence-electron chi connectivity index (χ0n) is 44.6. The third-order valence-corrected chi connectivity index (χ3v) is 13.1. The molecule has 0 N–H and O–H groups in total. The fourth-order valence-corrected chi connectivity index (χ4v) is 8.80. The Kier molecular flexibility index (Phi) is 60.8. The van der Waals surface area contributed by atoms with Crippen LogP contribution in [0.5, 0.6) is 0 Å². The predicted molar refractivity (Wildman–Crippen MR) is 292 cm³/mol. The highest BCUT2D eigenvalue weighted by Gasteiger charge is 2.19. The Bertz CT molecular complexity index is 945. The lowest BCUT2D eigenvalue weighted by Gasteiger charge is -2.18. The maximum absolute atomic E-state index is 12.8. The van der Waals surface area contributed by atoms with Gasteiger partial charge in [0.25, 0.3) is 0 Å². The minimum atomic E-state index is -0.760. The first-order valence-corrected chi connectivity index (χ1v) is 30.5. The summed E-state index contributed by atoms with van der Waals surface area (Å²) < 4.78 is 16.1. The van der Waals surface area contributed by atoms with Crippen LogP contribution in [0.4, 0.5) is 0 Å². The van der Waals surface area contributed by atoms with Crippen molar-refractivity contribution in [1.82, 2.24) is 0 Å². The quantitative estimate of drug-likeness (QED) is 0.0261. The van der Waals surface area contributed by atoms with E-state index in [0.717, 1.165) is 57.8 Å². The van der Waals surface area contributed by atoms with Crippen LogP contribution in [0.2, 0.25) is 0 Å². The zero-order chi connectivity index (χ0) is 49.4. The minimum absolute atomic E-state index is 0.0611. The SMILES string of the molecule is CCCCCCCCCCCCCCCCCC(=O)OCC(COC(=O)CCCCCCCCCCCCCCCCC)OC(=O)CCCCCCCCCCCCCCCCC.ClC(Cl)Cl. The summed E-state index contributed by atoms with van der Waals surface area (Å²) in [6.45, 7) is 6.71. The molecule has 0 aromatic heterocycles. The first-order chi connectivity index (χ1) is 32.8. The number of ether oxygens (including phenoxy) is 3. The van der Waals surface area contributed by atoms with Gasteiger partial charge < -0.3 is 14.2 Å². The van der Waals surface area contributed by atoms with E-state index in [4.69, 9.17) is 49.0 Å². The Morgan fingerprint density at radius 3 is 0.642 bits per heavy atom. The molecule has 0 saturated heterocycles. The van der Waals surface area contributed by atoms with E-state index < -0.39 is 10.4 Å². The number of carbonyl (C=O) groups is 3. The second kappa shape index (κ2) is 59.6. The van der Waals surface area contributed by atoms with E-state index in [1.807, 2.05) is 0 Å². The highest BCUT2D eigenvalue weighted by Crippen LogP contribution is 2.18. The van der Waals surface area contributed by atoms with Gasteiger partial charge in [0.1, 0.15) is 13.2 Å². The standard InChI is InChI=1S/C57H110O6.CHCl3/c1-4-7-10-13-16-19-22-25-28-31-34-37-40-43-46-49-55(58)61-52-54(63-57(60)51-48-45-42-39-36-33-30-27-24-21-18-15-12-9-6-3)53-62-56(59)50-47-44-41-38-35-32-29-26-23-20-17-14-11-8-5-2;2-1(3)4/h54H,4-53H2,1-3H3;1H. The monoisotopic (exact) mass is 1010 g/mol. The molecule has 6 nitrogen and oxygen atoms in total. The average molecular weight is 1010 g/mol. The molecule has 0 unspecified atom stereocenters. The van der Waals surface area contributed by atoms with E-state index in [0.29, 0.717) is 19.3 Å². The number of halogens is 3. The third kappa shape index (κ3) is 63.3. The van der Waals surface area contributed by atoms with Crippen LogP contribution in [0.15, 0.2) is 0 Å². The van der Waals surface area contributed by atoms with Gasteiger partial charge in [0.2, 0.25) is 0 Å². The molecule has 0 aliphatic rings. The molecule has 0 aromatic carbocycles.